The van der Waals surface area contributed by atoms with Crippen LogP contribution in [0.15, 0.2) is 59.6 Å². The quantitative estimate of drug-likeness (QED) is 0.788. The first kappa shape index (κ1) is 15.2. The standard InChI is InChI=1S/C20H19NO2/c1-20(2)16-6-4-5-7-17(16)21-19(20)18(22)13-10-14-8-11-15(23-3)12-9-14/h4-13H,1-3H3/b13-10+. The largest absolute Gasteiger partial charge is 0.497 e. The number of aliphatic imine (C=N–C) groups is 1. The van der Waals surface area contributed by atoms with Crippen molar-refractivity contribution in [2.45, 2.75) is 19.3 Å². The van der Waals surface area contributed by atoms with Crippen molar-refractivity contribution in [3.05, 3.63) is 65.7 Å². The van der Waals surface area contributed by atoms with E-state index >= 15 is 0 Å². The van der Waals surface area contributed by atoms with Gasteiger partial charge in [0, 0.05) is 5.41 Å². The average Bonchev–Trinajstić information content (AvgIpc) is 2.85. The Labute approximate surface area is 136 Å². The van der Waals surface area contributed by atoms with E-state index in [1.807, 2.05) is 68.5 Å². The lowest BCUT2D eigenvalue weighted by Crippen LogP contribution is -2.31. The number of ether oxygens (including phenoxy) is 1. The molecule has 0 N–H and O–H groups in total. The molecule has 0 spiro atoms. The van der Waals surface area contributed by atoms with Gasteiger partial charge in [-0.3, -0.25) is 4.79 Å². The van der Waals surface area contributed by atoms with E-state index in [0.717, 1.165) is 22.6 Å². The van der Waals surface area contributed by atoms with E-state index in [4.69, 9.17) is 4.74 Å². The van der Waals surface area contributed by atoms with E-state index in [9.17, 15) is 4.79 Å². The zero-order valence-corrected chi connectivity index (χ0v) is 13.5. The molecule has 0 bridgehead atoms. The molecule has 0 unspecified atom stereocenters. The molecule has 0 aromatic heterocycles. The van der Waals surface area contributed by atoms with Crippen LogP contribution in [0.2, 0.25) is 0 Å². The third kappa shape index (κ3) is 2.82. The van der Waals surface area contributed by atoms with Gasteiger partial charge < -0.3 is 4.74 Å². The highest BCUT2D eigenvalue weighted by atomic mass is 16.5. The van der Waals surface area contributed by atoms with Crippen molar-refractivity contribution < 1.29 is 9.53 Å². The number of ketones is 1. The van der Waals surface area contributed by atoms with E-state index in [1.165, 1.54) is 0 Å². The Morgan fingerprint density at radius 2 is 1.78 bits per heavy atom. The van der Waals surface area contributed by atoms with Gasteiger partial charge in [-0.2, -0.15) is 0 Å². The summed E-state index contributed by atoms with van der Waals surface area (Å²) in [6.45, 7) is 4.08. The van der Waals surface area contributed by atoms with E-state index in [2.05, 4.69) is 4.99 Å². The number of allylic oxidation sites excluding steroid dienone is 1. The third-order valence-corrected chi connectivity index (χ3v) is 4.18. The summed E-state index contributed by atoms with van der Waals surface area (Å²) in [5, 5.41) is 0. The van der Waals surface area contributed by atoms with Gasteiger partial charge in [0.25, 0.3) is 0 Å². The van der Waals surface area contributed by atoms with E-state index in [0.29, 0.717) is 5.71 Å². The molecule has 2 aromatic carbocycles. The minimum Gasteiger partial charge on any atom is -0.497 e. The van der Waals surface area contributed by atoms with Gasteiger partial charge in [0.2, 0.25) is 5.78 Å². The second-order valence-electron chi connectivity index (χ2n) is 6.07. The first-order chi connectivity index (χ1) is 11.0. The highest BCUT2D eigenvalue weighted by molar-refractivity contribution is 6.48. The maximum Gasteiger partial charge on any atom is 0.200 e. The Bertz CT molecular complexity index is 799. The molecule has 116 valence electrons. The lowest BCUT2D eigenvalue weighted by atomic mass is 9.80. The van der Waals surface area contributed by atoms with Crippen LogP contribution in [0.5, 0.6) is 5.75 Å². The monoisotopic (exact) mass is 305 g/mol. The van der Waals surface area contributed by atoms with E-state index in [1.54, 1.807) is 13.2 Å². The normalized spacial score (nSPS) is 15.3. The number of methoxy groups -OCH3 is 1. The lowest BCUT2D eigenvalue weighted by molar-refractivity contribution is -0.109. The van der Waals surface area contributed by atoms with Crippen LogP contribution >= 0.6 is 0 Å². The van der Waals surface area contributed by atoms with E-state index in [-0.39, 0.29) is 11.2 Å². The van der Waals surface area contributed by atoms with Crippen molar-refractivity contribution in [1.29, 1.82) is 0 Å². The van der Waals surface area contributed by atoms with Crippen molar-refractivity contribution in [3.63, 3.8) is 0 Å². The van der Waals surface area contributed by atoms with Crippen molar-refractivity contribution in [1.82, 2.24) is 0 Å². The molecule has 1 heterocycles. The van der Waals surface area contributed by atoms with Gasteiger partial charge in [0.1, 0.15) is 5.75 Å². The lowest BCUT2D eigenvalue weighted by Gasteiger charge is -2.20. The minimum absolute atomic E-state index is 0.0537. The number of para-hydroxylation sites is 1. The van der Waals surface area contributed by atoms with Crippen LogP contribution in [0, 0.1) is 0 Å². The Kier molecular flexibility index (Phi) is 3.87. The molecule has 2 aromatic rings. The van der Waals surface area contributed by atoms with Crippen LogP contribution in [-0.4, -0.2) is 18.6 Å². The maximum absolute atomic E-state index is 12.6. The molecule has 3 nitrogen and oxygen atoms in total. The maximum atomic E-state index is 12.6. The fourth-order valence-electron chi connectivity index (χ4n) is 2.82. The van der Waals surface area contributed by atoms with Crippen molar-refractivity contribution in [3.8, 4) is 5.75 Å². The van der Waals surface area contributed by atoms with Crippen LogP contribution in [0.25, 0.3) is 6.08 Å². The van der Waals surface area contributed by atoms with Gasteiger partial charge in [0.05, 0.1) is 18.5 Å². The zero-order chi connectivity index (χ0) is 16.4. The van der Waals surface area contributed by atoms with Crippen molar-refractivity contribution in [2.24, 2.45) is 4.99 Å². The predicted octanol–water partition coefficient (Wildman–Crippen LogP) is 4.34. The molecule has 1 aliphatic heterocycles. The number of carbonyl (C=O) groups excluding carboxylic acids is 1. The fourth-order valence-corrected chi connectivity index (χ4v) is 2.82. The number of rotatable bonds is 4. The molecular weight excluding hydrogens is 286 g/mol. The summed E-state index contributed by atoms with van der Waals surface area (Å²) in [4.78, 5) is 17.1. The van der Waals surface area contributed by atoms with Gasteiger partial charge >= 0.3 is 0 Å². The second kappa shape index (κ2) is 5.84. The molecule has 0 fully saturated rings. The topological polar surface area (TPSA) is 38.7 Å². The SMILES string of the molecule is COc1ccc(/C=C/C(=O)C2=Nc3ccccc3C2(C)C)cc1. The summed E-state index contributed by atoms with van der Waals surface area (Å²) in [6, 6.07) is 15.5. The fraction of sp³-hybridized carbons (Fsp3) is 0.200. The number of carbonyl (C=O) groups is 1. The highest BCUT2D eigenvalue weighted by Gasteiger charge is 2.37. The Morgan fingerprint density at radius 3 is 2.43 bits per heavy atom. The zero-order valence-electron chi connectivity index (χ0n) is 13.5. The summed E-state index contributed by atoms with van der Waals surface area (Å²) < 4.78 is 5.13. The van der Waals surface area contributed by atoms with Gasteiger partial charge in [-0.25, -0.2) is 4.99 Å². The second-order valence-corrected chi connectivity index (χ2v) is 6.07. The molecule has 0 atom stereocenters. The molecule has 0 radical (unpaired) electrons. The summed E-state index contributed by atoms with van der Waals surface area (Å²) in [7, 11) is 1.63. The van der Waals surface area contributed by atoms with Gasteiger partial charge in [-0.15, -0.1) is 0 Å². The Balaban J connectivity index is 1.82. The molecule has 3 heteroatoms. The first-order valence-electron chi connectivity index (χ1n) is 7.57. The molecule has 0 amide bonds. The number of benzene rings is 2. The third-order valence-electron chi connectivity index (χ3n) is 4.18. The minimum atomic E-state index is -0.363. The summed E-state index contributed by atoms with van der Waals surface area (Å²) in [5.74, 6) is 0.743. The smallest absolute Gasteiger partial charge is 0.200 e. The van der Waals surface area contributed by atoms with Crippen LogP contribution in [0.4, 0.5) is 5.69 Å². The van der Waals surface area contributed by atoms with Crippen molar-refractivity contribution in [2.75, 3.05) is 7.11 Å². The molecule has 0 saturated heterocycles. The van der Waals surface area contributed by atoms with Crippen LogP contribution in [-0.2, 0) is 10.2 Å². The van der Waals surface area contributed by atoms with E-state index < -0.39 is 0 Å². The Hall–Kier alpha value is -2.68. The van der Waals surface area contributed by atoms with Gasteiger partial charge in [-0.05, 0) is 49.2 Å². The molecule has 0 saturated carbocycles. The highest BCUT2D eigenvalue weighted by Crippen LogP contribution is 2.39. The molecule has 3 rings (SSSR count). The Morgan fingerprint density at radius 1 is 1.09 bits per heavy atom. The predicted molar refractivity (Wildman–Crippen MR) is 93.6 cm³/mol. The van der Waals surface area contributed by atoms with Crippen LogP contribution in [0.1, 0.15) is 25.0 Å². The molecular formula is C20H19NO2. The summed E-state index contributed by atoms with van der Waals surface area (Å²) in [5.41, 5.74) is 3.16. The summed E-state index contributed by atoms with van der Waals surface area (Å²) >= 11 is 0. The molecule has 0 aliphatic carbocycles. The molecule has 1 aliphatic rings. The average molecular weight is 305 g/mol. The number of hydrogen-bond donors (Lipinski definition) is 0. The summed E-state index contributed by atoms with van der Waals surface area (Å²) in [6.07, 6.45) is 3.40. The van der Waals surface area contributed by atoms with Gasteiger partial charge in [-0.1, -0.05) is 36.4 Å². The number of fused-ring (bicyclic) bond motifs is 1. The van der Waals surface area contributed by atoms with Gasteiger partial charge in [0.15, 0.2) is 0 Å². The van der Waals surface area contributed by atoms with Crippen molar-refractivity contribution >= 4 is 23.3 Å². The first-order valence-corrected chi connectivity index (χ1v) is 7.57. The van der Waals surface area contributed by atoms with Crippen LogP contribution in [0.3, 0.4) is 0 Å². The van der Waals surface area contributed by atoms with Crippen LogP contribution < -0.4 is 4.74 Å². The number of nitrogens with zero attached hydrogens (tertiary/aromatic N) is 1. The molecule has 23 heavy (non-hydrogen) atoms. The number of hydrogen-bond acceptors (Lipinski definition) is 3.